The van der Waals surface area contributed by atoms with Gasteiger partial charge in [0.1, 0.15) is 5.75 Å². The molecule has 1 rings (SSSR count). The Morgan fingerprint density at radius 1 is 1.33 bits per heavy atom. The Hall–Kier alpha value is -1.51. The van der Waals surface area contributed by atoms with Gasteiger partial charge in [0.25, 0.3) is 0 Å². The maximum atomic E-state index is 5.58. The van der Waals surface area contributed by atoms with Gasteiger partial charge in [-0.2, -0.15) is 0 Å². The molecule has 0 saturated carbocycles. The molecule has 0 aliphatic carbocycles. The van der Waals surface area contributed by atoms with Gasteiger partial charge in [0.2, 0.25) is 0 Å². The summed E-state index contributed by atoms with van der Waals surface area (Å²) in [5, 5.41) is 0. The van der Waals surface area contributed by atoms with Gasteiger partial charge >= 0.3 is 0 Å². The average Bonchev–Trinajstić information content (AvgIpc) is 2.29. The number of aliphatic imine (C=N–C) groups is 1. The van der Waals surface area contributed by atoms with Gasteiger partial charge in [0, 0.05) is 19.4 Å². The van der Waals surface area contributed by atoms with Crippen molar-refractivity contribution in [2.24, 2.45) is 10.7 Å². The van der Waals surface area contributed by atoms with Crippen LogP contribution in [0, 0.1) is 0 Å². The van der Waals surface area contributed by atoms with E-state index in [1.54, 1.807) is 0 Å². The standard InChI is InChI=1S/C12H18N2O/c1-2-12(13)14-9-6-10-15-11-7-4-3-5-8-11/h3-5,7-8H,2,6,9-10H2,1H3,(H2,13,14). The highest BCUT2D eigenvalue weighted by Gasteiger charge is 1.91. The summed E-state index contributed by atoms with van der Waals surface area (Å²) in [6.45, 7) is 3.43. The number of nitrogens with zero attached hydrogens (tertiary/aromatic N) is 1. The normalized spacial score (nSPS) is 11.4. The maximum absolute atomic E-state index is 5.58. The van der Waals surface area contributed by atoms with Gasteiger partial charge < -0.3 is 10.5 Å². The molecule has 0 amide bonds. The molecule has 0 bridgehead atoms. The van der Waals surface area contributed by atoms with E-state index >= 15 is 0 Å². The quantitative estimate of drug-likeness (QED) is 0.441. The summed E-state index contributed by atoms with van der Waals surface area (Å²) in [4.78, 5) is 4.19. The molecule has 82 valence electrons. The minimum Gasteiger partial charge on any atom is -0.494 e. The van der Waals surface area contributed by atoms with Crippen molar-refractivity contribution in [2.45, 2.75) is 19.8 Å². The summed E-state index contributed by atoms with van der Waals surface area (Å²) in [6, 6.07) is 9.79. The molecule has 0 radical (unpaired) electrons. The largest absolute Gasteiger partial charge is 0.494 e. The second kappa shape index (κ2) is 6.87. The molecule has 0 heterocycles. The van der Waals surface area contributed by atoms with Crippen molar-refractivity contribution >= 4 is 5.84 Å². The molecule has 0 unspecified atom stereocenters. The summed E-state index contributed by atoms with van der Waals surface area (Å²) in [5.74, 6) is 1.62. The molecule has 0 aliphatic heterocycles. The fourth-order valence-electron chi connectivity index (χ4n) is 1.11. The summed E-state index contributed by atoms with van der Waals surface area (Å²) in [7, 11) is 0. The van der Waals surface area contributed by atoms with Crippen LogP contribution in [0.2, 0.25) is 0 Å². The minimum atomic E-state index is 0.685. The number of para-hydroxylation sites is 1. The summed E-state index contributed by atoms with van der Waals surface area (Å²) >= 11 is 0. The fraction of sp³-hybridized carbons (Fsp3) is 0.417. The first-order valence-corrected chi connectivity index (χ1v) is 5.29. The van der Waals surface area contributed by atoms with Gasteiger partial charge in [0.05, 0.1) is 12.4 Å². The van der Waals surface area contributed by atoms with E-state index < -0.39 is 0 Å². The zero-order valence-corrected chi connectivity index (χ0v) is 9.15. The Morgan fingerprint density at radius 3 is 2.73 bits per heavy atom. The Labute approximate surface area is 91.0 Å². The molecule has 15 heavy (non-hydrogen) atoms. The lowest BCUT2D eigenvalue weighted by Gasteiger charge is -2.04. The number of hydrogen-bond acceptors (Lipinski definition) is 2. The van der Waals surface area contributed by atoms with Crippen LogP contribution in [-0.4, -0.2) is 19.0 Å². The Kier molecular flexibility index (Phi) is 5.30. The van der Waals surface area contributed by atoms with Crippen molar-refractivity contribution < 1.29 is 4.74 Å². The number of ether oxygens (including phenoxy) is 1. The molecule has 0 aliphatic rings. The molecular formula is C12H18N2O. The SMILES string of the molecule is CCC(N)=NCCCOc1ccccc1. The lowest BCUT2D eigenvalue weighted by Crippen LogP contribution is -2.11. The molecule has 2 N–H and O–H groups in total. The van der Waals surface area contributed by atoms with Crippen LogP contribution in [0.3, 0.4) is 0 Å². The maximum Gasteiger partial charge on any atom is 0.119 e. The molecular weight excluding hydrogens is 188 g/mol. The van der Waals surface area contributed by atoms with E-state index in [1.807, 2.05) is 37.3 Å². The zero-order valence-electron chi connectivity index (χ0n) is 9.15. The van der Waals surface area contributed by atoms with Crippen molar-refractivity contribution in [2.75, 3.05) is 13.2 Å². The van der Waals surface area contributed by atoms with Crippen LogP contribution in [0.15, 0.2) is 35.3 Å². The molecule has 0 fully saturated rings. The second-order valence-electron chi connectivity index (χ2n) is 3.24. The molecule has 3 heteroatoms. The van der Waals surface area contributed by atoms with Crippen molar-refractivity contribution in [1.29, 1.82) is 0 Å². The molecule has 0 spiro atoms. The van der Waals surface area contributed by atoms with E-state index in [1.165, 1.54) is 0 Å². The predicted molar refractivity (Wildman–Crippen MR) is 63.3 cm³/mol. The number of nitrogens with two attached hydrogens (primary N) is 1. The Bertz CT molecular complexity index is 296. The predicted octanol–water partition coefficient (Wildman–Crippen LogP) is 2.22. The van der Waals surface area contributed by atoms with Gasteiger partial charge in [-0.3, -0.25) is 4.99 Å². The molecule has 1 aromatic carbocycles. The van der Waals surface area contributed by atoms with Crippen LogP contribution < -0.4 is 10.5 Å². The number of amidine groups is 1. The first-order chi connectivity index (χ1) is 7.33. The topological polar surface area (TPSA) is 47.6 Å². The summed E-state index contributed by atoms with van der Waals surface area (Å²) in [6.07, 6.45) is 1.72. The monoisotopic (exact) mass is 206 g/mol. The third-order valence-corrected chi connectivity index (χ3v) is 1.99. The second-order valence-corrected chi connectivity index (χ2v) is 3.24. The van der Waals surface area contributed by atoms with Gasteiger partial charge in [0.15, 0.2) is 0 Å². The number of benzene rings is 1. The third kappa shape index (κ3) is 5.05. The van der Waals surface area contributed by atoms with Crippen LogP contribution in [0.4, 0.5) is 0 Å². The van der Waals surface area contributed by atoms with E-state index in [4.69, 9.17) is 10.5 Å². The summed E-state index contributed by atoms with van der Waals surface area (Å²) < 4.78 is 5.51. The van der Waals surface area contributed by atoms with Crippen LogP contribution in [0.25, 0.3) is 0 Å². The van der Waals surface area contributed by atoms with Crippen molar-refractivity contribution in [3.8, 4) is 5.75 Å². The zero-order chi connectivity index (χ0) is 10.9. The van der Waals surface area contributed by atoms with Crippen molar-refractivity contribution in [1.82, 2.24) is 0 Å². The van der Waals surface area contributed by atoms with E-state index in [2.05, 4.69) is 4.99 Å². The van der Waals surface area contributed by atoms with Crippen LogP contribution in [-0.2, 0) is 0 Å². The highest BCUT2D eigenvalue weighted by molar-refractivity contribution is 5.79. The first-order valence-electron chi connectivity index (χ1n) is 5.29. The number of hydrogen-bond donors (Lipinski definition) is 1. The lowest BCUT2D eigenvalue weighted by molar-refractivity contribution is 0.313. The van der Waals surface area contributed by atoms with E-state index in [9.17, 15) is 0 Å². The van der Waals surface area contributed by atoms with Gasteiger partial charge in [-0.1, -0.05) is 25.1 Å². The molecule has 0 saturated heterocycles. The van der Waals surface area contributed by atoms with E-state index in [0.717, 1.165) is 31.0 Å². The van der Waals surface area contributed by atoms with Crippen LogP contribution in [0.1, 0.15) is 19.8 Å². The highest BCUT2D eigenvalue weighted by Crippen LogP contribution is 2.08. The smallest absolute Gasteiger partial charge is 0.119 e. The molecule has 0 aromatic heterocycles. The molecule has 1 aromatic rings. The number of rotatable bonds is 6. The molecule has 3 nitrogen and oxygen atoms in total. The van der Waals surface area contributed by atoms with Gasteiger partial charge in [-0.05, 0) is 12.1 Å². The average molecular weight is 206 g/mol. The van der Waals surface area contributed by atoms with E-state index in [-0.39, 0.29) is 0 Å². The van der Waals surface area contributed by atoms with Crippen LogP contribution in [0.5, 0.6) is 5.75 Å². The third-order valence-electron chi connectivity index (χ3n) is 1.99. The highest BCUT2D eigenvalue weighted by atomic mass is 16.5. The Balaban J connectivity index is 2.13. The van der Waals surface area contributed by atoms with Gasteiger partial charge in [-0.15, -0.1) is 0 Å². The summed E-state index contributed by atoms with van der Waals surface area (Å²) in [5.41, 5.74) is 5.58. The van der Waals surface area contributed by atoms with E-state index in [0.29, 0.717) is 6.61 Å². The Morgan fingerprint density at radius 2 is 2.07 bits per heavy atom. The van der Waals surface area contributed by atoms with Gasteiger partial charge in [-0.25, -0.2) is 0 Å². The lowest BCUT2D eigenvalue weighted by atomic mass is 10.3. The first kappa shape index (κ1) is 11.6. The molecule has 0 atom stereocenters. The fourth-order valence-corrected chi connectivity index (χ4v) is 1.11. The van der Waals surface area contributed by atoms with Crippen molar-refractivity contribution in [3.63, 3.8) is 0 Å². The minimum absolute atomic E-state index is 0.685. The van der Waals surface area contributed by atoms with Crippen LogP contribution >= 0.6 is 0 Å². The van der Waals surface area contributed by atoms with Crippen molar-refractivity contribution in [3.05, 3.63) is 30.3 Å².